The standard InChI is InChI=1S/C26H24N2O4S/c1-17-12-14-18(15-13-17)33(29,30)28-24(21-16-27(3)22-10-6-4-8-19(21)22)26(2)31-23-11-7-5-9-20(23)25(28)32-26/h4-16,24-25H,1-3H3/t24-,25+,26+/m0/s1. The highest BCUT2D eigenvalue weighted by Crippen LogP contribution is 2.58. The molecule has 0 aliphatic carbocycles. The Morgan fingerprint density at radius 3 is 2.39 bits per heavy atom. The Kier molecular flexibility index (Phi) is 4.30. The molecule has 0 amide bonds. The van der Waals surface area contributed by atoms with Gasteiger partial charge in [-0.15, -0.1) is 0 Å². The van der Waals surface area contributed by atoms with Crippen molar-refractivity contribution in [2.45, 2.75) is 36.8 Å². The van der Waals surface area contributed by atoms with Gasteiger partial charge in [-0.05, 0) is 31.2 Å². The summed E-state index contributed by atoms with van der Waals surface area (Å²) in [5.74, 6) is -0.552. The lowest BCUT2D eigenvalue weighted by Gasteiger charge is -2.33. The molecule has 0 unspecified atom stereocenters. The lowest BCUT2D eigenvalue weighted by molar-refractivity contribution is -0.184. The first-order valence-electron chi connectivity index (χ1n) is 10.9. The van der Waals surface area contributed by atoms with E-state index in [9.17, 15) is 8.42 Å². The molecule has 0 saturated carbocycles. The third kappa shape index (κ3) is 2.89. The number of hydrogen-bond donors (Lipinski definition) is 0. The van der Waals surface area contributed by atoms with Crippen LogP contribution in [0.15, 0.2) is 83.9 Å². The van der Waals surface area contributed by atoms with Crippen molar-refractivity contribution in [2.75, 3.05) is 0 Å². The van der Waals surface area contributed by atoms with Crippen LogP contribution >= 0.6 is 0 Å². The number of sulfonamides is 1. The minimum absolute atomic E-state index is 0.232. The fraction of sp³-hybridized carbons (Fsp3) is 0.231. The van der Waals surface area contributed by atoms with Crippen LogP contribution in [0.25, 0.3) is 10.9 Å². The van der Waals surface area contributed by atoms with Gasteiger partial charge in [0, 0.05) is 42.2 Å². The fourth-order valence-corrected chi connectivity index (χ4v) is 6.80. The van der Waals surface area contributed by atoms with E-state index in [0.717, 1.165) is 22.0 Å². The second-order valence-corrected chi connectivity index (χ2v) is 10.7. The average molecular weight is 461 g/mol. The minimum atomic E-state index is -3.93. The Labute approximate surface area is 193 Å². The van der Waals surface area contributed by atoms with Crippen LogP contribution in [0, 0.1) is 6.92 Å². The first-order chi connectivity index (χ1) is 15.8. The fourth-order valence-electron chi connectivity index (χ4n) is 5.09. The number of rotatable bonds is 3. The lowest BCUT2D eigenvalue weighted by Crippen LogP contribution is -2.42. The maximum absolute atomic E-state index is 14.2. The summed E-state index contributed by atoms with van der Waals surface area (Å²) in [6.07, 6.45) is 1.19. The summed E-state index contributed by atoms with van der Waals surface area (Å²) < 4.78 is 44.6. The van der Waals surface area contributed by atoms with Gasteiger partial charge in [0.2, 0.25) is 15.8 Å². The van der Waals surface area contributed by atoms with E-state index in [1.165, 1.54) is 4.31 Å². The van der Waals surface area contributed by atoms with Crippen LogP contribution in [0.5, 0.6) is 5.75 Å². The van der Waals surface area contributed by atoms with Gasteiger partial charge in [-0.25, -0.2) is 8.42 Å². The number of aromatic nitrogens is 1. The summed E-state index contributed by atoms with van der Waals surface area (Å²) in [6.45, 7) is 3.76. The maximum Gasteiger partial charge on any atom is 0.246 e. The van der Waals surface area contributed by atoms with Crippen molar-refractivity contribution in [1.82, 2.24) is 8.87 Å². The number of ether oxygens (including phenoxy) is 2. The Morgan fingerprint density at radius 2 is 1.61 bits per heavy atom. The first kappa shape index (κ1) is 20.5. The molecule has 3 heterocycles. The topological polar surface area (TPSA) is 60.8 Å². The molecule has 6 nitrogen and oxygen atoms in total. The normalized spacial score (nSPS) is 24.6. The van der Waals surface area contributed by atoms with Gasteiger partial charge in [0.1, 0.15) is 11.8 Å². The molecule has 0 radical (unpaired) electrons. The zero-order chi connectivity index (χ0) is 23.0. The molecule has 1 fully saturated rings. The molecule has 4 aromatic rings. The van der Waals surface area contributed by atoms with Crippen LogP contribution < -0.4 is 4.74 Å². The zero-order valence-electron chi connectivity index (χ0n) is 18.6. The Morgan fingerprint density at radius 1 is 0.909 bits per heavy atom. The second-order valence-electron chi connectivity index (χ2n) is 8.89. The van der Waals surface area contributed by atoms with E-state index in [4.69, 9.17) is 9.47 Å². The number of fused-ring (bicyclic) bond motifs is 5. The molecule has 6 rings (SSSR count). The highest BCUT2D eigenvalue weighted by molar-refractivity contribution is 7.89. The smallest absolute Gasteiger partial charge is 0.246 e. The summed E-state index contributed by atoms with van der Waals surface area (Å²) >= 11 is 0. The predicted octanol–water partition coefficient (Wildman–Crippen LogP) is 5.06. The summed E-state index contributed by atoms with van der Waals surface area (Å²) in [7, 11) is -1.97. The molecular weight excluding hydrogens is 436 g/mol. The van der Waals surface area contributed by atoms with Gasteiger partial charge in [-0.1, -0.05) is 54.1 Å². The van der Waals surface area contributed by atoms with Crippen molar-refractivity contribution >= 4 is 20.9 Å². The molecule has 2 aliphatic heterocycles. The molecule has 7 heteroatoms. The van der Waals surface area contributed by atoms with E-state index < -0.39 is 28.1 Å². The van der Waals surface area contributed by atoms with Crippen molar-refractivity contribution < 1.29 is 17.9 Å². The molecule has 3 aromatic carbocycles. The number of para-hydroxylation sites is 2. The quantitative estimate of drug-likeness (QED) is 0.429. The van der Waals surface area contributed by atoms with E-state index in [-0.39, 0.29) is 4.90 Å². The highest BCUT2D eigenvalue weighted by Gasteiger charge is 2.62. The van der Waals surface area contributed by atoms with Crippen molar-refractivity contribution in [3.63, 3.8) is 0 Å². The van der Waals surface area contributed by atoms with Gasteiger partial charge < -0.3 is 14.0 Å². The van der Waals surface area contributed by atoms with Gasteiger partial charge in [-0.3, -0.25) is 0 Å². The van der Waals surface area contributed by atoms with Crippen molar-refractivity contribution in [2.24, 2.45) is 7.05 Å². The Hall–Kier alpha value is -3.13. The molecule has 0 N–H and O–H groups in total. The van der Waals surface area contributed by atoms with E-state index in [2.05, 4.69) is 0 Å². The van der Waals surface area contributed by atoms with Crippen molar-refractivity contribution in [1.29, 1.82) is 0 Å². The molecule has 2 bridgehead atoms. The van der Waals surface area contributed by atoms with Gasteiger partial charge in [0.25, 0.3) is 0 Å². The lowest BCUT2D eigenvalue weighted by atomic mass is 9.99. The monoisotopic (exact) mass is 460 g/mol. The SMILES string of the molecule is Cc1ccc(S(=O)(=O)N2[C@@H]3O[C@@](C)(Oc4ccccc43)[C@@H]2c2cn(C)c3ccccc23)cc1. The van der Waals surface area contributed by atoms with Crippen LogP contribution in [0.2, 0.25) is 0 Å². The van der Waals surface area contributed by atoms with Gasteiger partial charge >= 0.3 is 0 Å². The van der Waals surface area contributed by atoms with Crippen LogP contribution in [0.3, 0.4) is 0 Å². The summed E-state index contributed by atoms with van der Waals surface area (Å²) in [5.41, 5.74) is 3.56. The highest BCUT2D eigenvalue weighted by atomic mass is 32.2. The number of nitrogens with zero attached hydrogens (tertiary/aromatic N) is 2. The second kappa shape index (κ2) is 6.93. The third-order valence-electron chi connectivity index (χ3n) is 6.64. The maximum atomic E-state index is 14.2. The van der Waals surface area contributed by atoms with E-state index in [0.29, 0.717) is 11.3 Å². The number of aryl methyl sites for hydroxylation is 2. The number of hydrogen-bond acceptors (Lipinski definition) is 4. The molecule has 168 valence electrons. The Bertz CT molecular complexity index is 1490. The molecule has 1 saturated heterocycles. The van der Waals surface area contributed by atoms with Crippen LogP contribution in [-0.2, 0) is 21.8 Å². The Balaban J connectivity index is 1.62. The molecule has 3 atom stereocenters. The summed E-state index contributed by atoms with van der Waals surface area (Å²) in [6, 6.07) is 21.7. The van der Waals surface area contributed by atoms with E-state index in [1.54, 1.807) is 12.1 Å². The van der Waals surface area contributed by atoms with Crippen molar-refractivity contribution in [3.05, 3.63) is 95.7 Å². The van der Waals surface area contributed by atoms with Crippen LogP contribution in [-0.4, -0.2) is 23.1 Å². The van der Waals surface area contributed by atoms with Gasteiger partial charge in [0.15, 0.2) is 6.23 Å². The van der Waals surface area contributed by atoms with E-state index in [1.807, 2.05) is 92.3 Å². The van der Waals surface area contributed by atoms with E-state index >= 15 is 0 Å². The van der Waals surface area contributed by atoms with Gasteiger partial charge in [-0.2, -0.15) is 4.31 Å². The number of benzene rings is 3. The molecular formula is C26H24N2O4S. The van der Waals surface area contributed by atoms with Crippen LogP contribution in [0.1, 0.15) is 35.9 Å². The predicted molar refractivity (Wildman–Crippen MR) is 125 cm³/mol. The van der Waals surface area contributed by atoms with Gasteiger partial charge in [0.05, 0.1) is 4.90 Å². The molecule has 2 aliphatic rings. The summed E-state index contributed by atoms with van der Waals surface area (Å²) in [4.78, 5) is 0.232. The molecule has 1 aromatic heterocycles. The molecule has 33 heavy (non-hydrogen) atoms. The largest absolute Gasteiger partial charge is 0.460 e. The molecule has 0 spiro atoms. The average Bonchev–Trinajstić information content (AvgIpc) is 3.25. The minimum Gasteiger partial charge on any atom is -0.460 e. The third-order valence-corrected chi connectivity index (χ3v) is 8.47. The first-order valence-corrected chi connectivity index (χ1v) is 12.3. The summed E-state index contributed by atoms with van der Waals surface area (Å²) in [5, 5.41) is 0.971. The zero-order valence-corrected chi connectivity index (χ0v) is 19.4. The van der Waals surface area contributed by atoms with Crippen LogP contribution in [0.4, 0.5) is 0 Å². The van der Waals surface area contributed by atoms with Crippen molar-refractivity contribution in [3.8, 4) is 5.75 Å².